The van der Waals surface area contributed by atoms with Gasteiger partial charge < -0.3 is 9.15 Å². The van der Waals surface area contributed by atoms with Gasteiger partial charge in [-0.15, -0.1) is 11.3 Å². The fourth-order valence-corrected chi connectivity index (χ4v) is 6.13. The second kappa shape index (κ2) is 8.81. The van der Waals surface area contributed by atoms with Crippen LogP contribution in [0.2, 0.25) is 0 Å². The zero-order chi connectivity index (χ0) is 23.9. The van der Waals surface area contributed by atoms with Crippen LogP contribution in [0.5, 0.6) is 5.75 Å². The molecular weight excluding hydrogens is 464 g/mol. The molecule has 0 fully saturated rings. The summed E-state index contributed by atoms with van der Waals surface area (Å²) in [5, 5.41) is 6.78. The van der Waals surface area contributed by atoms with Crippen molar-refractivity contribution in [1.82, 2.24) is 14.6 Å². The summed E-state index contributed by atoms with van der Waals surface area (Å²) in [6.45, 7) is -0.136. The van der Waals surface area contributed by atoms with E-state index in [2.05, 4.69) is 10.1 Å². The molecule has 178 valence electrons. The van der Waals surface area contributed by atoms with Crippen molar-refractivity contribution >= 4 is 33.2 Å². The van der Waals surface area contributed by atoms with Gasteiger partial charge in [0.15, 0.2) is 0 Å². The lowest BCUT2D eigenvalue weighted by molar-refractivity contribution is -0.134. The first-order valence-corrected chi connectivity index (χ1v) is 12.5. The molecule has 3 aromatic heterocycles. The van der Waals surface area contributed by atoms with Crippen molar-refractivity contribution in [3.8, 4) is 5.75 Å². The maximum atomic E-state index is 13.5. The Morgan fingerprint density at radius 2 is 2.03 bits per heavy atom. The average molecular weight is 489 g/mol. The molecule has 1 aliphatic carbocycles. The molecule has 6 rings (SSSR count). The molecule has 35 heavy (non-hydrogen) atoms. The highest BCUT2D eigenvalue weighted by molar-refractivity contribution is 7.18. The molecule has 0 radical (unpaired) electrons. The molecule has 1 atom stereocenters. The van der Waals surface area contributed by atoms with Gasteiger partial charge in [-0.1, -0.05) is 0 Å². The van der Waals surface area contributed by atoms with E-state index in [1.54, 1.807) is 30.8 Å². The summed E-state index contributed by atoms with van der Waals surface area (Å²) in [5.74, 6) is 1.11. The molecule has 0 bridgehead atoms. The molecule has 4 aromatic rings. The van der Waals surface area contributed by atoms with Gasteiger partial charge >= 0.3 is 0 Å². The number of hydrogen-bond donors (Lipinski definition) is 0. The molecule has 4 heterocycles. The third kappa shape index (κ3) is 3.85. The van der Waals surface area contributed by atoms with Gasteiger partial charge in [0.05, 0.1) is 30.8 Å². The summed E-state index contributed by atoms with van der Waals surface area (Å²) < 4.78 is 12.3. The van der Waals surface area contributed by atoms with E-state index < -0.39 is 0 Å². The first-order chi connectivity index (χ1) is 17.1. The number of carbonyl (C=O) groups excluding carboxylic acids is 1. The Morgan fingerprint density at radius 1 is 1.20 bits per heavy atom. The number of ether oxygens (including phenoxy) is 1. The van der Waals surface area contributed by atoms with Crippen LogP contribution in [0.1, 0.15) is 47.1 Å². The summed E-state index contributed by atoms with van der Waals surface area (Å²) in [5.41, 5.74) is 2.64. The Morgan fingerprint density at radius 3 is 2.80 bits per heavy atom. The molecule has 0 unspecified atom stereocenters. The first-order valence-electron chi connectivity index (χ1n) is 11.7. The van der Waals surface area contributed by atoms with Crippen molar-refractivity contribution < 1.29 is 13.9 Å². The highest BCUT2D eigenvalue weighted by Gasteiger charge is 2.35. The number of nitrogens with zero attached hydrogens (tertiary/aromatic N) is 4. The van der Waals surface area contributed by atoms with E-state index in [4.69, 9.17) is 9.15 Å². The molecule has 0 saturated carbocycles. The van der Waals surface area contributed by atoms with Crippen LogP contribution in [0.3, 0.4) is 0 Å². The van der Waals surface area contributed by atoms with Gasteiger partial charge in [-0.05, 0) is 73.2 Å². The maximum absolute atomic E-state index is 13.5. The Kier molecular flexibility index (Phi) is 5.49. The normalized spacial score (nSPS) is 17.5. The summed E-state index contributed by atoms with van der Waals surface area (Å²) in [7, 11) is 1.62. The lowest BCUT2D eigenvalue weighted by Gasteiger charge is -2.20. The maximum Gasteiger partial charge on any atom is 0.263 e. The first kappa shape index (κ1) is 21.8. The Bertz CT molecular complexity index is 1480. The molecule has 1 amide bonds. The largest absolute Gasteiger partial charge is 0.497 e. The molecular formula is C26H24N4O4S. The van der Waals surface area contributed by atoms with Crippen LogP contribution in [0.25, 0.3) is 10.2 Å². The van der Waals surface area contributed by atoms with Gasteiger partial charge in [-0.2, -0.15) is 5.10 Å². The quantitative estimate of drug-likeness (QED) is 0.417. The van der Waals surface area contributed by atoms with Crippen LogP contribution in [0.4, 0.5) is 0 Å². The average Bonchev–Trinajstić information content (AvgIpc) is 3.63. The van der Waals surface area contributed by atoms with Crippen molar-refractivity contribution in [3.63, 3.8) is 0 Å². The summed E-state index contributed by atoms with van der Waals surface area (Å²) in [4.78, 5) is 33.4. The second-order valence-corrected chi connectivity index (χ2v) is 9.90. The Hall–Kier alpha value is -3.72. The highest BCUT2D eigenvalue weighted by Crippen LogP contribution is 2.35. The molecule has 0 N–H and O–H groups in total. The van der Waals surface area contributed by atoms with Gasteiger partial charge in [-0.25, -0.2) is 9.99 Å². The number of aromatic nitrogens is 2. The minimum atomic E-state index is -0.379. The van der Waals surface area contributed by atoms with Crippen molar-refractivity contribution in [2.45, 2.75) is 44.7 Å². The van der Waals surface area contributed by atoms with E-state index in [9.17, 15) is 9.59 Å². The smallest absolute Gasteiger partial charge is 0.263 e. The minimum absolute atomic E-state index is 0.136. The van der Waals surface area contributed by atoms with Gasteiger partial charge in [0.25, 0.3) is 11.5 Å². The Balaban J connectivity index is 1.33. The lowest BCUT2D eigenvalue weighted by Crippen LogP contribution is -2.34. The van der Waals surface area contributed by atoms with Gasteiger partial charge in [0, 0.05) is 11.3 Å². The second-order valence-electron chi connectivity index (χ2n) is 8.82. The van der Waals surface area contributed by atoms with Gasteiger partial charge in [-0.3, -0.25) is 14.2 Å². The van der Waals surface area contributed by atoms with Crippen LogP contribution in [0.15, 0.2) is 63.3 Å². The molecule has 2 aliphatic rings. The van der Waals surface area contributed by atoms with Crippen LogP contribution >= 0.6 is 11.3 Å². The third-order valence-electron chi connectivity index (χ3n) is 6.71. The number of thiophene rings is 1. The number of rotatable bonds is 5. The molecule has 0 spiro atoms. The van der Waals surface area contributed by atoms with Gasteiger partial charge in [0.2, 0.25) is 0 Å². The number of benzene rings is 1. The summed E-state index contributed by atoms with van der Waals surface area (Å²) in [6.07, 6.45) is 7.69. The summed E-state index contributed by atoms with van der Waals surface area (Å²) >= 11 is 1.60. The zero-order valence-electron chi connectivity index (χ0n) is 19.3. The highest BCUT2D eigenvalue weighted by atomic mass is 32.1. The standard InChI is InChI=1S/C26H24N4O4S/c1-33-17-10-8-16(9-11-17)19-13-20(21-6-4-12-34-21)30(28-19)23(31)14-29-15-27-25-24(26(29)32)18-5-2-3-7-22(18)35-25/h4,6,8-12,15,20H,2-3,5,7,13-14H2,1H3/t20-/m0/s1. The lowest BCUT2D eigenvalue weighted by atomic mass is 9.97. The van der Waals surface area contributed by atoms with Crippen LogP contribution < -0.4 is 10.3 Å². The number of carbonyl (C=O) groups is 1. The Labute approximate surface area is 205 Å². The molecule has 9 heteroatoms. The fourth-order valence-electron chi connectivity index (χ4n) is 4.91. The summed E-state index contributed by atoms with van der Waals surface area (Å²) in [6, 6.07) is 10.8. The number of furan rings is 1. The molecule has 8 nitrogen and oxygen atoms in total. The van der Waals surface area contributed by atoms with E-state index in [1.165, 1.54) is 20.8 Å². The van der Waals surface area contributed by atoms with Crippen LogP contribution in [-0.4, -0.2) is 33.3 Å². The van der Waals surface area contributed by atoms with Crippen molar-refractivity contribution in [2.75, 3.05) is 7.11 Å². The van der Waals surface area contributed by atoms with Crippen LogP contribution in [-0.2, 0) is 24.2 Å². The molecule has 1 aromatic carbocycles. The van der Waals surface area contributed by atoms with Crippen LogP contribution in [0, 0.1) is 0 Å². The zero-order valence-corrected chi connectivity index (χ0v) is 20.1. The molecule has 1 aliphatic heterocycles. The predicted molar refractivity (Wildman–Crippen MR) is 133 cm³/mol. The van der Waals surface area contributed by atoms with E-state index in [-0.39, 0.29) is 24.1 Å². The van der Waals surface area contributed by atoms with Crippen molar-refractivity contribution in [2.24, 2.45) is 5.10 Å². The monoisotopic (exact) mass is 488 g/mol. The van der Waals surface area contributed by atoms with E-state index in [1.807, 2.05) is 30.3 Å². The number of methoxy groups -OCH3 is 1. The number of aryl methyl sites for hydroxylation is 2. The number of hydrazone groups is 1. The number of amides is 1. The SMILES string of the molecule is COc1ccc(C2=NN(C(=O)Cn3cnc4sc5c(c4c3=O)CCCC5)[C@H](c3ccco3)C2)cc1. The van der Waals surface area contributed by atoms with Crippen molar-refractivity contribution in [1.29, 1.82) is 0 Å². The topological polar surface area (TPSA) is 89.9 Å². The third-order valence-corrected chi connectivity index (χ3v) is 7.91. The molecule has 0 saturated heterocycles. The van der Waals surface area contributed by atoms with Gasteiger partial charge in [0.1, 0.15) is 28.9 Å². The van der Waals surface area contributed by atoms with Crippen molar-refractivity contribution in [3.05, 3.63) is 81.1 Å². The minimum Gasteiger partial charge on any atom is -0.497 e. The number of fused-ring (bicyclic) bond motifs is 3. The van der Waals surface area contributed by atoms with E-state index in [0.29, 0.717) is 17.6 Å². The van der Waals surface area contributed by atoms with E-state index in [0.717, 1.165) is 53.1 Å². The van der Waals surface area contributed by atoms with E-state index >= 15 is 0 Å². The number of hydrogen-bond acceptors (Lipinski definition) is 7. The predicted octanol–water partition coefficient (Wildman–Crippen LogP) is 4.32. The fraction of sp³-hybridized carbons (Fsp3) is 0.308.